The second-order valence-corrected chi connectivity index (χ2v) is 10.4. The van der Waals surface area contributed by atoms with Crippen molar-refractivity contribution in [2.45, 2.75) is 6.16 Å². The summed E-state index contributed by atoms with van der Waals surface area (Å²) >= 11 is 8.92. The smallest absolute Gasteiger partial charge is 0.131 e. The maximum atomic E-state index is 9.59. The van der Waals surface area contributed by atoms with E-state index in [0.717, 1.165) is 16.0 Å². The lowest BCUT2D eigenvalue weighted by atomic mass is 10.2. The van der Waals surface area contributed by atoms with E-state index in [-0.39, 0.29) is 0 Å². The Kier molecular flexibility index (Phi) is 4.14. The molecule has 1 aromatic rings. The summed E-state index contributed by atoms with van der Waals surface area (Å²) in [4.78, 5) is 9.59. The van der Waals surface area contributed by atoms with Crippen LogP contribution in [-0.2, 0) is 18.0 Å². The molecule has 0 heterocycles. The standard InChI is InChI=1S/C7H9OPS3/c8-9(10,12-11)6-7-4-2-1-3-5-7/h1-5,11H,6H2,(H,8,10). The van der Waals surface area contributed by atoms with E-state index < -0.39 is 5.47 Å². The van der Waals surface area contributed by atoms with Crippen LogP contribution in [-0.4, -0.2) is 4.89 Å². The zero-order valence-electron chi connectivity index (χ0n) is 6.25. The van der Waals surface area contributed by atoms with Gasteiger partial charge in [0.25, 0.3) is 0 Å². The van der Waals surface area contributed by atoms with Gasteiger partial charge in [-0.3, -0.25) is 0 Å². The molecule has 0 aliphatic rings. The first-order valence-corrected chi connectivity index (χ1v) is 8.74. The molecule has 5 heteroatoms. The van der Waals surface area contributed by atoms with Gasteiger partial charge in [-0.1, -0.05) is 42.1 Å². The highest BCUT2D eigenvalue weighted by Crippen LogP contribution is 2.59. The van der Waals surface area contributed by atoms with Crippen LogP contribution in [0, 0.1) is 0 Å². The van der Waals surface area contributed by atoms with Crippen molar-refractivity contribution in [2.75, 3.05) is 0 Å². The molecular weight excluding hydrogens is 227 g/mol. The lowest BCUT2D eigenvalue weighted by Gasteiger charge is -2.10. The third-order valence-electron chi connectivity index (χ3n) is 1.35. The summed E-state index contributed by atoms with van der Waals surface area (Å²) in [6.07, 6.45) is 0.553. The Bertz CT molecular complexity index is 288. The topological polar surface area (TPSA) is 20.2 Å². The van der Waals surface area contributed by atoms with Crippen molar-refractivity contribution >= 4 is 39.3 Å². The normalized spacial score (nSPS) is 15.5. The van der Waals surface area contributed by atoms with Gasteiger partial charge in [-0.25, -0.2) is 0 Å². The van der Waals surface area contributed by atoms with Crippen molar-refractivity contribution in [3.63, 3.8) is 0 Å². The second-order valence-electron chi connectivity index (χ2n) is 2.36. The monoisotopic (exact) mass is 236 g/mol. The van der Waals surface area contributed by atoms with Gasteiger partial charge in [0.05, 0.1) is 0 Å². The highest BCUT2D eigenvalue weighted by molar-refractivity contribution is 8.99. The van der Waals surface area contributed by atoms with Crippen LogP contribution in [0.4, 0.5) is 0 Å². The molecule has 0 aromatic heterocycles. The van der Waals surface area contributed by atoms with E-state index in [0.29, 0.717) is 6.16 Å². The van der Waals surface area contributed by atoms with Crippen LogP contribution in [0.5, 0.6) is 0 Å². The van der Waals surface area contributed by atoms with E-state index in [9.17, 15) is 4.89 Å². The van der Waals surface area contributed by atoms with Crippen LogP contribution in [0.2, 0.25) is 0 Å². The van der Waals surface area contributed by atoms with Gasteiger partial charge in [0.15, 0.2) is 0 Å². The number of rotatable bonds is 3. The number of hydrogen-bond donors (Lipinski definition) is 2. The van der Waals surface area contributed by atoms with Gasteiger partial charge < -0.3 is 4.89 Å². The van der Waals surface area contributed by atoms with Crippen LogP contribution >= 0.6 is 27.5 Å². The Hall–Kier alpha value is 0.530. The van der Waals surface area contributed by atoms with Crippen LogP contribution in [0.1, 0.15) is 5.56 Å². The van der Waals surface area contributed by atoms with Crippen molar-refractivity contribution in [3.8, 4) is 0 Å². The van der Waals surface area contributed by atoms with Crippen LogP contribution in [0.15, 0.2) is 30.3 Å². The molecule has 1 nitrogen and oxygen atoms in total. The summed E-state index contributed by atoms with van der Waals surface area (Å²) in [5, 5.41) is 0. The van der Waals surface area contributed by atoms with Gasteiger partial charge in [0.2, 0.25) is 0 Å². The van der Waals surface area contributed by atoms with Crippen molar-refractivity contribution < 1.29 is 4.89 Å². The maximum Gasteiger partial charge on any atom is 0.131 e. The molecule has 1 atom stereocenters. The minimum atomic E-state index is -2.28. The van der Waals surface area contributed by atoms with Gasteiger partial charge in [-0.15, -0.1) is 11.7 Å². The summed E-state index contributed by atoms with van der Waals surface area (Å²) in [5.41, 5.74) is -1.21. The van der Waals surface area contributed by atoms with Gasteiger partial charge >= 0.3 is 0 Å². The Balaban J connectivity index is 2.71. The molecule has 0 bridgehead atoms. The first-order chi connectivity index (χ1) is 5.64. The summed E-state index contributed by atoms with van der Waals surface area (Å²) in [6, 6.07) is 9.74. The molecule has 0 spiro atoms. The van der Waals surface area contributed by atoms with Crippen molar-refractivity contribution in [3.05, 3.63) is 35.9 Å². The lowest BCUT2D eigenvalue weighted by molar-refractivity contribution is 0.637. The van der Waals surface area contributed by atoms with E-state index >= 15 is 0 Å². The molecule has 1 unspecified atom stereocenters. The molecular formula is C7H9OPS3. The molecule has 0 fully saturated rings. The average molecular weight is 236 g/mol. The fourth-order valence-electron chi connectivity index (χ4n) is 0.843. The Morgan fingerprint density at radius 3 is 2.50 bits per heavy atom. The molecule has 0 aliphatic carbocycles. The van der Waals surface area contributed by atoms with Gasteiger partial charge in [-0.2, -0.15) is 0 Å². The van der Waals surface area contributed by atoms with E-state index in [1.54, 1.807) is 0 Å². The highest BCUT2D eigenvalue weighted by atomic mass is 33.4. The fourth-order valence-corrected chi connectivity index (χ4v) is 3.16. The minimum Gasteiger partial charge on any atom is -0.356 e. The summed E-state index contributed by atoms with van der Waals surface area (Å²) in [5.74, 6) is 0. The van der Waals surface area contributed by atoms with Crippen LogP contribution in [0.3, 0.4) is 0 Å². The Morgan fingerprint density at radius 2 is 2.00 bits per heavy atom. The molecule has 1 rings (SSSR count). The highest BCUT2D eigenvalue weighted by Gasteiger charge is 2.11. The van der Waals surface area contributed by atoms with Crippen molar-refractivity contribution in [2.24, 2.45) is 0 Å². The van der Waals surface area contributed by atoms with Gasteiger partial charge in [0.1, 0.15) is 5.47 Å². The molecule has 0 saturated heterocycles. The molecule has 0 amide bonds. The lowest BCUT2D eigenvalue weighted by Crippen LogP contribution is -1.81. The molecule has 1 aromatic carbocycles. The van der Waals surface area contributed by atoms with E-state index in [1.165, 1.54) is 0 Å². The number of hydrogen-bond acceptors (Lipinski definition) is 3. The van der Waals surface area contributed by atoms with E-state index in [2.05, 4.69) is 11.7 Å². The summed E-state index contributed by atoms with van der Waals surface area (Å²) in [6.45, 7) is 0. The fraction of sp³-hybridized carbons (Fsp3) is 0.143. The molecule has 0 saturated carbocycles. The minimum absolute atomic E-state index is 0.553. The first-order valence-electron chi connectivity index (χ1n) is 3.33. The third-order valence-corrected chi connectivity index (χ3v) is 8.01. The van der Waals surface area contributed by atoms with Crippen molar-refractivity contribution in [1.82, 2.24) is 0 Å². The number of benzene rings is 1. The second kappa shape index (κ2) is 4.68. The van der Waals surface area contributed by atoms with Crippen LogP contribution in [0.25, 0.3) is 0 Å². The van der Waals surface area contributed by atoms with Crippen molar-refractivity contribution in [1.29, 1.82) is 0 Å². The predicted molar refractivity (Wildman–Crippen MR) is 63.2 cm³/mol. The largest absolute Gasteiger partial charge is 0.356 e. The van der Waals surface area contributed by atoms with Gasteiger partial charge in [0, 0.05) is 6.16 Å². The summed E-state index contributed by atoms with van der Waals surface area (Å²) < 4.78 is 0. The zero-order valence-corrected chi connectivity index (χ0v) is 9.67. The third kappa shape index (κ3) is 3.50. The predicted octanol–water partition coefficient (Wildman–Crippen LogP) is 3.07. The molecule has 1 N–H and O–H groups in total. The maximum absolute atomic E-state index is 9.59. The number of thiol groups is 1. The first kappa shape index (κ1) is 10.6. The quantitative estimate of drug-likeness (QED) is 0.478. The summed E-state index contributed by atoms with van der Waals surface area (Å²) in [7, 11) is 1.10. The molecule has 12 heavy (non-hydrogen) atoms. The van der Waals surface area contributed by atoms with Crippen LogP contribution < -0.4 is 0 Å². The SMILES string of the molecule is OP(=S)(Cc1ccccc1)SS. The Labute approximate surface area is 86.2 Å². The zero-order chi connectivity index (χ0) is 9.03. The van der Waals surface area contributed by atoms with E-state index in [4.69, 9.17) is 11.8 Å². The Morgan fingerprint density at radius 1 is 1.42 bits per heavy atom. The molecule has 66 valence electrons. The van der Waals surface area contributed by atoms with Gasteiger partial charge in [-0.05, 0) is 16.0 Å². The average Bonchev–Trinajstić information content (AvgIpc) is 2.06. The van der Waals surface area contributed by atoms with E-state index in [1.807, 2.05) is 30.3 Å². The molecule has 0 aliphatic heterocycles. The molecule has 0 radical (unpaired) electrons.